The van der Waals surface area contributed by atoms with E-state index in [1.165, 1.54) is 0 Å². The summed E-state index contributed by atoms with van der Waals surface area (Å²) in [5, 5.41) is 11.4. The summed E-state index contributed by atoms with van der Waals surface area (Å²) in [7, 11) is 1.56. The van der Waals surface area contributed by atoms with Gasteiger partial charge in [0, 0.05) is 6.07 Å². The van der Waals surface area contributed by atoms with E-state index in [4.69, 9.17) is 15.8 Å². The molecule has 0 aliphatic carbocycles. The van der Waals surface area contributed by atoms with Crippen LogP contribution in [0.2, 0.25) is 0 Å². The number of pyridine rings is 1. The van der Waals surface area contributed by atoms with E-state index < -0.39 is 0 Å². The monoisotopic (exact) mass is 197 g/mol. The summed E-state index contributed by atoms with van der Waals surface area (Å²) in [5.41, 5.74) is 9.11. The van der Waals surface area contributed by atoms with Gasteiger partial charge in [-0.2, -0.15) is 5.48 Å². The smallest absolute Gasteiger partial charge is 0.189 e. The van der Waals surface area contributed by atoms with Crippen molar-refractivity contribution in [2.75, 3.05) is 7.11 Å². The minimum Gasteiger partial charge on any atom is -0.409 e. The molecule has 0 amide bonds. The molecule has 0 aliphatic rings. The molecule has 0 saturated carbocycles. The Morgan fingerprint density at radius 2 is 2.43 bits per heavy atom. The Bertz CT molecular complexity index is 351. The maximum absolute atomic E-state index is 8.48. The first kappa shape index (κ1) is 10.4. The molecule has 6 heteroatoms. The highest BCUT2D eigenvalue weighted by atomic mass is 16.6. The van der Waals surface area contributed by atoms with E-state index >= 15 is 0 Å². The second-order valence-corrected chi connectivity index (χ2v) is 2.77. The fraction of sp³-hybridized carbons (Fsp3) is 0.250. The lowest BCUT2D eigenvalue weighted by Crippen LogP contribution is -2.76. The number of oxime groups is 1. The maximum Gasteiger partial charge on any atom is 0.189 e. The average Bonchev–Trinajstić information content (AvgIpc) is 2.17. The number of rotatable bonds is 3. The molecule has 0 spiro atoms. The number of aromatic nitrogens is 1. The Balaban J connectivity index is 3.01. The van der Waals surface area contributed by atoms with Gasteiger partial charge in [-0.15, -0.1) is 0 Å². The number of amidine groups is 1. The number of hydrogen-bond donors (Lipinski definition) is 3. The van der Waals surface area contributed by atoms with Crippen molar-refractivity contribution in [3.63, 3.8) is 0 Å². The van der Waals surface area contributed by atoms with Crippen molar-refractivity contribution in [1.29, 1.82) is 0 Å². The van der Waals surface area contributed by atoms with Crippen LogP contribution in [-0.4, -0.2) is 23.1 Å². The van der Waals surface area contributed by atoms with Crippen LogP contribution in [0.4, 0.5) is 5.69 Å². The third-order valence-corrected chi connectivity index (χ3v) is 1.70. The first-order valence-electron chi connectivity index (χ1n) is 3.99. The van der Waals surface area contributed by atoms with Crippen molar-refractivity contribution >= 4 is 11.5 Å². The van der Waals surface area contributed by atoms with Crippen molar-refractivity contribution in [1.82, 2.24) is 4.98 Å². The van der Waals surface area contributed by atoms with Gasteiger partial charge in [-0.25, -0.2) is 9.82 Å². The Kier molecular flexibility index (Phi) is 3.38. The van der Waals surface area contributed by atoms with Crippen molar-refractivity contribution in [3.8, 4) is 0 Å². The van der Waals surface area contributed by atoms with Crippen LogP contribution in [0, 0.1) is 6.92 Å². The van der Waals surface area contributed by atoms with Crippen LogP contribution in [0.1, 0.15) is 11.3 Å². The largest absolute Gasteiger partial charge is 0.409 e. The SMILES string of the molecule is CO[NH2+]c1cnc(/C(N)=N/O)c(C)c1. The fourth-order valence-electron chi connectivity index (χ4n) is 1.11. The second kappa shape index (κ2) is 4.54. The lowest BCUT2D eigenvalue weighted by atomic mass is 10.2. The topological polar surface area (TPSA) is 97.3 Å². The molecule has 1 rings (SSSR count). The molecule has 1 aromatic heterocycles. The van der Waals surface area contributed by atoms with Crippen LogP contribution in [0.3, 0.4) is 0 Å². The Hall–Kier alpha value is -1.66. The minimum absolute atomic E-state index is 0.00599. The highest BCUT2D eigenvalue weighted by Gasteiger charge is 2.07. The predicted molar refractivity (Wildman–Crippen MR) is 50.1 cm³/mol. The number of nitrogens with two attached hydrogens (primary N) is 2. The molecule has 5 N–H and O–H groups in total. The Morgan fingerprint density at radius 3 is 2.93 bits per heavy atom. The zero-order valence-corrected chi connectivity index (χ0v) is 8.06. The van der Waals surface area contributed by atoms with Gasteiger partial charge < -0.3 is 10.9 Å². The molecular weight excluding hydrogens is 184 g/mol. The average molecular weight is 197 g/mol. The van der Waals surface area contributed by atoms with Crippen LogP contribution in [0.15, 0.2) is 17.4 Å². The molecular formula is C8H13N4O2+. The van der Waals surface area contributed by atoms with E-state index in [-0.39, 0.29) is 5.84 Å². The van der Waals surface area contributed by atoms with Crippen LogP contribution >= 0.6 is 0 Å². The second-order valence-electron chi connectivity index (χ2n) is 2.77. The molecule has 0 saturated heterocycles. The summed E-state index contributed by atoms with van der Waals surface area (Å²) in [6.07, 6.45) is 1.59. The van der Waals surface area contributed by atoms with Gasteiger partial charge in [-0.05, 0) is 12.5 Å². The number of hydrogen-bond acceptors (Lipinski definition) is 4. The first-order valence-corrected chi connectivity index (χ1v) is 3.99. The normalized spacial score (nSPS) is 11.7. The van der Waals surface area contributed by atoms with Gasteiger partial charge in [0.1, 0.15) is 5.69 Å². The van der Waals surface area contributed by atoms with E-state index in [0.717, 1.165) is 11.3 Å². The molecule has 0 radical (unpaired) electrons. The summed E-state index contributed by atoms with van der Waals surface area (Å²) in [4.78, 5) is 8.87. The zero-order chi connectivity index (χ0) is 10.6. The molecule has 14 heavy (non-hydrogen) atoms. The molecule has 0 aromatic carbocycles. The number of nitrogens with zero attached hydrogens (tertiary/aromatic N) is 2. The molecule has 0 aliphatic heterocycles. The summed E-state index contributed by atoms with van der Waals surface area (Å²) in [5.74, 6) is 0.00599. The van der Waals surface area contributed by atoms with Gasteiger partial charge in [-0.3, -0.25) is 0 Å². The van der Waals surface area contributed by atoms with Crippen LogP contribution < -0.4 is 11.2 Å². The van der Waals surface area contributed by atoms with Crippen molar-refractivity contribution in [2.45, 2.75) is 6.92 Å². The highest BCUT2D eigenvalue weighted by Crippen LogP contribution is 2.07. The van der Waals surface area contributed by atoms with Crippen molar-refractivity contribution in [3.05, 3.63) is 23.5 Å². The molecule has 0 unspecified atom stereocenters. The van der Waals surface area contributed by atoms with Gasteiger partial charge in [-0.1, -0.05) is 5.16 Å². The van der Waals surface area contributed by atoms with Crippen LogP contribution in [0.5, 0.6) is 0 Å². The van der Waals surface area contributed by atoms with Crippen molar-refractivity contribution < 1.29 is 15.5 Å². The molecule has 1 aromatic rings. The summed E-state index contributed by atoms with van der Waals surface area (Å²) in [6, 6.07) is 1.84. The third-order valence-electron chi connectivity index (χ3n) is 1.70. The minimum atomic E-state index is 0.00599. The van der Waals surface area contributed by atoms with Crippen molar-refractivity contribution in [2.24, 2.45) is 10.9 Å². The first-order chi connectivity index (χ1) is 6.69. The zero-order valence-electron chi connectivity index (χ0n) is 8.06. The summed E-state index contributed by atoms with van der Waals surface area (Å²) < 4.78 is 0. The number of quaternary nitrogens is 1. The van der Waals surface area contributed by atoms with E-state index in [1.807, 2.05) is 13.0 Å². The van der Waals surface area contributed by atoms with E-state index in [9.17, 15) is 0 Å². The molecule has 0 atom stereocenters. The van der Waals surface area contributed by atoms with E-state index in [1.54, 1.807) is 18.8 Å². The van der Waals surface area contributed by atoms with Gasteiger partial charge >= 0.3 is 0 Å². The molecule has 6 nitrogen and oxygen atoms in total. The molecule has 1 heterocycles. The number of aryl methyl sites for hydroxylation is 1. The fourth-order valence-corrected chi connectivity index (χ4v) is 1.11. The standard InChI is InChI=1S/C8H12N4O2/c1-5-3-6(12-14-2)4-10-7(5)8(9)11-13/h3-4,12-13H,1-2H3,(H2,9,11)/p+1. The lowest BCUT2D eigenvalue weighted by Gasteiger charge is -2.03. The lowest BCUT2D eigenvalue weighted by molar-refractivity contribution is -0.830. The summed E-state index contributed by atoms with van der Waals surface area (Å²) >= 11 is 0. The van der Waals surface area contributed by atoms with E-state index in [2.05, 4.69) is 10.1 Å². The summed E-state index contributed by atoms with van der Waals surface area (Å²) in [6.45, 7) is 1.83. The van der Waals surface area contributed by atoms with Crippen LogP contribution in [0.25, 0.3) is 0 Å². The molecule has 76 valence electrons. The predicted octanol–water partition coefficient (Wildman–Crippen LogP) is -0.759. The Labute approximate surface area is 81.3 Å². The third kappa shape index (κ3) is 2.18. The van der Waals surface area contributed by atoms with E-state index in [0.29, 0.717) is 5.69 Å². The highest BCUT2D eigenvalue weighted by molar-refractivity contribution is 5.96. The van der Waals surface area contributed by atoms with Gasteiger partial charge in [0.05, 0.1) is 13.3 Å². The quantitative estimate of drug-likeness (QED) is 0.257. The maximum atomic E-state index is 8.48. The van der Waals surface area contributed by atoms with Gasteiger partial charge in [0.25, 0.3) is 0 Å². The molecule has 0 bridgehead atoms. The van der Waals surface area contributed by atoms with Gasteiger partial charge in [0.15, 0.2) is 11.5 Å². The molecule has 0 fully saturated rings. The Morgan fingerprint density at radius 1 is 1.71 bits per heavy atom. The van der Waals surface area contributed by atoms with Gasteiger partial charge in [0.2, 0.25) is 0 Å². The van der Waals surface area contributed by atoms with Crippen LogP contribution in [-0.2, 0) is 4.84 Å².